The minimum absolute atomic E-state index is 0.0210. The summed E-state index contributed by atoms with van der Waals surface area (Å²) in [5.41, 5.74) is 0. The van der Waals surface area contributed by atoms with E-state index in [1.165, 1.54) is 33.5 Å². The van der Waals surface area contributed by atoms with Gasteiger partial charge >= 0.3 is 5.97 Å². The van der Waals surface area contributed by atoms with Crippen molar-refractivity contribution in [2.75, 3.05) is 34.4 Å². The van der Waals surface area contributed by atoms with Crippen LogP contribution < -0.4 is 14.2 Å². The Morgan fingerprint density at radius 3 is 2.00 bits per heavy atom. The Morgan fingerprint density at radius 2 is 1.65 bits per heavy atom. The normalized spacial score (nSPS) is 11.3. The molecule has 0 fully saturated rings. The number of carboxylic acids is 1. The van der Waals surface area contributed by atoms with Crippen LogP contribution in [0.5, 0.6) is 17.2 Å². The molecule has 0 amide bonds. The van der Waals surface area contributed by atoms with Gasteiger partial charge in [-0.25, -0.2) is 8.42 Å². The maximum Gasteiger partial charge on any atom is 0.318 e. The van der Waals surface area contributed by atoms with Crippen molar-refractivity contribution in [3.05, 3.63) is 12.1 Å². The van der Waals surface area contributed by atoms with Gasteiger partial charge in [-0.1, -0.05) is 6.92 Å². The number of hydrogen-bond acceptors (Lipinski definition) is 6. The molecule has 0 aliphatic rings. The van der Waals surface area contributed by atoms with Gasteiger partial charge in [-0.15, -0.1) is 0 Å². The Kier molecular flexibility index (Phi) is 6.64. The minimum Gasteiger partial charge on any atom is -0.496 e. The number of ether oxygens (including phenoxy) is 3. The summed E-state index contributed by atoms with van der Waals surface area (Å²) in [5, 5.41) is 8.97. The number of benzene rings is 1. The van der Waals surface area contributed by atoms with E-state index < -0.39 is 22.5 Å². The van der Waals surface area contributed by atoms with Gasteiger partial charge in [-0.3, -0.25) is 4.79 Å². The fourth-order valence-electron chi connectivity index (χ4n) is 2.04. The minimum atomic E-state index is -4.12. The van der Waals surface area contributed by atoms with Crippen molar-refractivity contribution >= 4 is 16.0 Å². The first-order valence-corrected chi connectivity index (χ1v) is 8.27. The molecular weight excluding hydrogens is 326 g/mol. The molecule has 1 aromatic carbocycles. The average Bonchev–Trinajstić information content (AvgIpc) is 2.52. The molecule has 130 valence electrons. The molecule has 23 heavy (non-hydrogen) atoms. The number of nitrogens with zero attached hydrogens (tertiary/aromatic N) is 1. The molecule has 8 nitrogen and oxygen atoms in total. The van der Waals surface area contributed by atoms with Gasteiger partial charge in [0.25, 0.3) is 10.0 Å². The average molecular weight is 347 g/mol. The zero-order valence-electron chi connectivity index (χ0n) is 13.5. The zero-order chi connectivity index (χ0) is 17.6. The van der Waals surface area contributed by atoms with Gasteiger partial charge < -0.3 is 19.3 Å². The summed E-state index contributed by atoms with van der Waals surface area (Å²) in [6.45, 7) is 1.17. The lowest BCUT2D eigenvalue weighted by Gasteiger charge is -2.22. The van der Waals surface area contributed by atoms with Crippen molar-refractivity contribution in [3.63, 3.8) is 0 Å². The van der Waals surface area contributed by atoms with Crippen molar-refractivity contribution < 1.29 is 32.5 Å². The van der Waals surface area contributed by atoms with Crippen molar-refractivity contribution in [1.29, 1.82) is 0 Å². The third-order valence-corrected chi connectivity index (χ3v) is 4.96. The van der Waals surface area contributed by atoms with E-state index in [1.54, 1.807) is 6.92 Å². The molecule has 9 heteroatoms. The van der Waals surface area contributed by atoms with Crippen LogP contribution in [-0.4, -0.2) is 58.2 Å². The first kappa shape index (κ1) is 19.0. The summed E-state index contributed by atoms with van der Waals surface area (Å²) in [5.74, 6) is -0.841. The first-order valence-electron chi connectivity index (χ1n) is 6.83. The predicted octanol–water partition coefficient (Wildman–Crippen LogP) is 1.20. The summed E-state index contributed by atoms with van der Waals surface area (Å²) in [6.07, 6.45) is 0.466. The summed E-state index contributed by atoms with van der Waals surface area (Å²) >= 11 is 0. The Balaban J connectivity index is 3.54. The highest BCUT2D eigenvalue weighted by atomic mass is 32.2. The van der Waals surface area contributed by atoms with E-state index >= 15 is 0 Å². The fourth-order valence-corrected chi connectivity index (χ4v) is 3.80. The van der Waals surface area contributed by atoms with Gasteiger partial charge in [-0.05, 0) is 6.42 Å². The molecule has 0 radical (unpaired) electrons. The van der Waals surface area contributed by atoms with E-state index in [9.17, 15) is 13.2 Å². The van der Waals surface area contributed by atoms with E-state index in [1.807, 2.05) is 0 Å². The highest BCUT2D eigenvalue weighted by molar-refractivity contribution is 7.89. The van der Waals surface area contributed by atoms with Gasteiger partial charge in [0.2, 0.25) is 0 Å². The molecule has 0 saturated carbocycles. The van der Waals surface area contributed by atoms with E-state index in [0.29, 0.717) is 12.2 Å². The number of rotatable bonds is 9. The summed E-state index contributed by atoms with van der Waals surface area (Å²) < 4.78 is 42.0. The van der Waals surface area contributed by atoms with E-state index in [2.05, 4.69) is 0 Å². The number of sulfonamides is 1. The summed E-state index contributed by atoms with van der Waals surface area (Å²) in [6, 6.07) is 2.81. The molecule has 1 aromatic rings. The van der Waals surface area contributed by atoms with E-state index in [-0.39, 0.29) is 22.9 Å². The van der Waals surface area contributed by atoms with Crippen LogP contribution in [0, 0.1) is 0 Å². The van der Waals surface area contributed by atoms with Crippen LogP contribution in [0.25, 0.3) is 0 Å². The van der Waals surface area contributed by atoms with Crippen molar-refractivity contribution in [2.24, 2.45) is 0 Å². The molecule has 1 N–H and O–H groups in total. The standard InChI is InChI=1S/C14H21NO7S/c1-5-6-15(9-13(16)17)23(18,19)14-11(21-3)7-10(20-2)8-12(14)22-4/h7-8H,5-6,9H2,1-4H3,(H,16,17). The van der Waals surface area contributed by atoms with Gasteiger partial charge in [-0.2, -0.15) is 4.31 Å². The Bertz CT molecular complexity index is 632. The molecule has 0 saturated heterocycles. The van der Waals surface area contributed by atoms with Crippen LogP contribution in [-0.2, 0) is 14.8 Å². The molecule has 0 heterocycles. The molecule has 1 rings (SSSR count). The maximum absolute atomic E-state index is 12.9. The number of carbonyl (C=O) groups is 1. The SMILES string of the molecule is CCCN(CC(=O)O)S(=O)(=O)c1c(OC)cc(OC)cc1OC. The van der Waals surface area contributed by atoms with Crippen LogP contribution >= 0.6 is 0 Å². The first-order chi connectivity index (χ1) is 10.8. The fraction of sp³-hybridized carbons (Fsp3) is 0.500. The van der Waals surface area contributed by atoms with Gasteiger partial charge in [0.15, 0.2) is 4.90 Å². The molecule has 0 atom stereocenters. The second kappa shape index (κ2) is 8.02. The van der Waals surface area contributed by atoms with Gasteiger partial charge in [0.05, 0.1) is 21.3 Å². The van der Waals surface area contributed by atoms with Gasteiger partial charge in [0.1, 0.15) is 23.8 Å². The van der Waals surface area contributed by atoms with E-state index in [4.69, 9.17) is 19.3 Å². The zero-order valence-corrected chi connectivity index (χ0v) is 14.3. The molecule has 0 aliphatic heterocycles. The monoisotopic (exact) mass is 347 g/mol. The van der Waals surface area contributed by atoms with Gasteiger partial charge in [0, 0.05) is 18.7 Å². The highest BCUT2D eigenvalue weighted by Gasteiger charge is 2.33. The van der Waals surface area contributed by atoms with Crippen LogP contribution in [0.3, 0.4) is 0 Å². The quantitative estimate of drug-likeness (QED) is 0.716. The lowest BCUT2D eigenvalue weighted by Crippen LogP contribution is -2.36. The Morgan fingerprint density at radius 1 is 1.13 bits per heavy atom. The molecule has 0 spiro atoms. The number of hydrogen-bond donors (Lipinski definition) is 1. The maximum atomic E-state index is 12.9. The van der Waals surface area contributed by atoms with Crippen molar-refractivity contribution in [3.8, 4) is 17.2 Å². The Hall–Kier alpha value is -2.00. The Labute approximate surface area is 135 Å². The van der Waals surface area contributed by atoms with E-state index in [0.717, 1.165) is 4.31 Å². The molecular formula is C14H21NO7S. The van der Waals surface area contributed by atoms with Crippen molar-refractivity contribution in [1.82, 2.24) is 4.31 Å². The highest BCUT2D eigenvalue weighted by Crippen LogP contribution is 2.39. The van der Waals surface area contributed by atoms with Crippen LogP contribution in [0.4, 0.5) is 0 Å². The number of carboxylic acid groups (broad SMARTS) is 1. The number of aliphatic carboxylic acids is 1. The third-order valence-electron chi connectivity index (χ3n) is 3.05. The van der Waals surface area contributed by atoms with Crippen molar-refractivity contribution in [2.45, 2.75) is 18.2 Å². The number of methoxy groups -OCH3 is 3. The third kappa shape index (κ3) is 4.26. The second-order valence-electron chi connectivity index (χ2n) is 4.59. The molecule has 0 bridgehead atoms. The largest absolute Gasteiger partial charge is 0.496 e. The molecule has 0 aromatic heterocycles. The second-order valence-corrected chi connectivity index (χ2v) is 6.47. The molecule has 0 aliphatic carbocycles. The van der Waals surface area contributed by atoms with Crippen LogP contribution in [0.1, 0.15) is 13.3 Å². The predicted molar refractivity (Wildman–Crippen MR) is 82.8 cm³/mol. The van der Waals surface area contributed by atoms with Crippen LogP contribution in [0.2, 0.25) is 0 Å². The summed E-state index contributed by atoms with van der Waals surface area (Å²) in [7, 11) is -0.0669. The van der Waals surface area contributed by atoms with Crippen LogP contribution in [0.15, 0.2) is 17.0 Å². The molecule has 0 unspecified atom stereocenters. The smallest absolute Gasteiger partial charge is 0.318 e. The topological polar surface area (TPSA) is 102 Å². The lowest BCUT2D eigenvalue weighted by molar-refractivity contribution is -0.137. The summed E-state index contributed by atoms with van der Waals surface area (Å²) in [4.78, 5) is 10.8. The lowest BCUT2D eigenvalue weighted by atomic mass is 10.3.